The summed E-state index contributed by atoms with van der Waals surface area (Å²) < 4.78 is 0. The molecule has 0 aromatic heterocycles. The van der Waals surface area contributed by atoms with Gasteiger partial charge in [-0.15, -0.1) is 24.8 Å². The van der Waals surface area contributed by atoms with E-state index in [2.05, 4.69) is 5.43 Å². The van der Waals surface area contributed by atoms with Crippen LogP contribution in [0.15, 0.2) is 48.5 Å². The van der Waals surface area contributed by atoms with Crippen LogP contribution in [0.25, 0.3) is 0 Å². The van der Waals surface area contributed by atoms with Gasteiger partial charge in [-0.2, -0.15) is 0 Å². The van der Waals surface area contributed by atoms with E-state index in [1.807, 2.05) is 20.8 Å². The molecular weight excluding hydrogens is 418 g/mol. The molecule has 0 bridgehead atoms. The standard InChI is InChI=1S/C14H8Cl2O2.C4H12N2.2ClH/c15-10-7-5-9(6-8-10)13(17)11-3-1-2-4-12(11)14(16)18;1-4(2,3)6-5;;/h1-8H;6H,5H2,1-3H3;2*1H. The van der Waals surface area contributed by atoms with E-state index < -0.39 is 5.24 Å². The lowest BCUT2D eigenvalue weighted by Crippen LogP contribution is -2.41. The lowest BCUT2D eigenvalue weighted by Gasteiger charge is -2.14. The molecule has 0 radical (unpaired) electrons. The van der Waals surface area contributed by atoms with Gasteiger partial charge in [0.2, 0.25) is 0 Å². The van der Waals surface area contributed by atoms with Gasteiger partial charge in [0.15, 0.2) is 5.78 Å². The number of carbonyl (C=O) groups is 2. The van der Waals surface area contributed by atoms with Gasteiger partial charge >= 0.3 is 0 Å². The van der Waals surface area contributed by atoms with Crippen molar-refractivity contribution in [2.24, 2.45) is 5.84 Å². The Morgan fingerprint density at radius 1 is 0.923 bits per heavy atom. The Morgan fingerprint density at radius 3 is 1.73 bits per heavy atom. The fraction of sp³-hybridized carbons (Fsp3) is 0.222. The normalized spacial score (nSPS) is 9.77. The maximum atomic E-state index is 12.2. The Bertz CT molecular complexity index is 714. The molecule has 144 valence electrons. The van der Waals surface area contributed by atoms with Gasteiger partial charge in [0.1, 0.15) is 0 Å². The average Bonchev–Trinajstić information content (AvgIpc) is 2.55. The first-order chi connectivity index (χ1) is 11.2. The third-order valence-electron chi connectivity index (χ3n) is 2.92. The fourth-order valence-electron chi connectivity index (χ4n) is 1.61. The summed E-state index contributed by atoms with van der Waals surface area (Å²) in [5.41, 5.74) is 3.64. The highest BCUT2D eigenvalue weighted by molar-refractivity contribution is 6.68. The summed E-state index contributed by atoms with van der Waals surface area (Å²) >= 11 is 11.2. The molecule has 2 rings (SSSR count). The molecule has 2 aromatic carbocycles. The third-order valence-corrected chi connectivity index (χ3v) is 3.38. The van der Waals surface area contributed by atoms with Crippen LogP contribution < -0.4 is 11.3 Å². The minimum Gasteiger partial charge on any atom is -0.289 e. The Hall–Kier alpha value is -1.14. The van der Waals surface area contributed by atoms with Crippen molar-refractivity contribution in [2.75, 3.05) is 0 Å². The van der Waals surface area contributed by atoms with Crippen LogP contribution in [-0.2, 0) is 0 Å². The molecule has 8 heteroatoms. The van der Waals surface area contributed by atoms with Gasteiger partial charge in [0.25, 0.3) is 5.24 Å². The van der Waals surface area contributed by atoms with Crippen LogP contribution in [0.1, 0.15) is 47.1 Å². The summed E-state index contributed by atoms with van der Waals surface area (Å²) in [6.07, 6.45) is 0. The van der Waals surface area contributed by atoms with Crippen LogP contribution in [0.2, 0.25) is 5.02 Å². The number of hydrogen-bond acceptors (Lipinski definition) is 4. The van der Waals surface area contributed by atoms with E-state index in [4.69, 9.17) is 29.0 Å². The van der Waals surface area contributed by atoms with Crippen molar-refractivity contribution < 1.29 is 9.59 Å². The minimum absolute atomic E-state index is 0. The Balaban J connectivity index is 0. The molecule has 0 spiro atoms. The highest BCUT2D eigenvalue weighted by Crippen LogP contribution is 2.18. The van der Waals surface area contributed by atoms with Crippen LogP contribution in [-0.4, -0.2) is 16.6 Å². The molecule has 26 heavy (non-hydrogen) atoms. The van der Waals surface area contributed by atoms with Crippen LogP contribution in [0.4, 0.5) is 0 Å². The second-order valence-electron chi connectivity index (χ2n) is 6.05. The molecule has 3 N–H and O–H groups in total. The summed E-state index contributed by atoms with van der Waals surface area (Å²) in [5, 5.41) is -0.0961. The van der Waals surface area contributed by atoms with Crippen molar-refractivity contribution in [1.29, 1.82) is 0 Å². The zero-order valence-electron chi connectivity index (χ0n) is 14.6. The number of benzene rings is 2. The Kier molecular flexibility index (Phi) is 12.8. The molecule has 0 atom stereocenters. The van der Waals surface area contributed by atoms with E-state index in [1.165, 1.54) is 6.07 Å². The van der Waals surface area contributed by atoms with Gasteiger partial charge in [-0.25, -0.2) is 0 Å². The van der Waals surface area contributed by atoms with Crippen LogP contribution >= 0.6 is 48.0 Å². The van der Waals surface area contributed by atoms with Crippen LogP contribution in [0.3, 0.4) is 0 Å². The maximum Gasteiger partial charge on any atom is 0.253 e. The van der Waals surface area contributed by atoms with Gasteiger partial charge in [0.05, 0.1) is 0 Å². The number of ketones is 1. The van der Waals surface area contributed by atoms with Crippen molar-refractivity contribution in [2.45, 2.75) is 26.3 Å². The number of nitrogens with two attached hydrogens (primary N) is 1. The van der Waals surface area contributed by atoms with E-state index in [0.29, 0.717) is 16.1 Å². The zero-order chi connectivity index (χ0) is 18.3. The summed E-state index contributed by atoms with van der Waals surface area (Å²) in [4.78, 5) is 23.5. The molecule has 0 unspecified atom stereocenters. The number of halogens is 4. The highest BCUT2D eigenvalue weighted by atomic mass is 35.5. The fourth-order valence-corrected chi connectivity index (χ4v) is 1.90. The second-order valence-corrected chi connectivity index (χ2v) is 6.83. The predicted octanol–water partition coefficient (Wildman–Crippen LogP) is 5.04. The summed E-state index contributed by atoms with van der Waals surface area (Å²) in [6, 6.07) is 12.9. The molecule has 0 heterocycles. The van der Waals surface area contributed by atoms with Crippen LogP contribution in [0, 0.1) is 0 Å². The van der Waals surface area contributed by atoms with Crippen molar-refractivity contribution >= 4 is 59.0 Å². The number of hydrogen-bond donors (Lipinski definition) is 2. The molecule has 0 saturated heterocycles. The van der Waals surface area contributed by atoms with Crippen molar-refractivity contribution in [3.8, 4) is 0 Å². The first-order valence-electron chi connectivity index (χ1n) is 7.22. The average molecular weight is 440 g/mol. The number of carbonyl (C=O) groups excluding carboxylic acids is 2. The quantitative estimate of drug-likeness (QED) is 0.304. The maximum absolute atomic E-state index is 12.2. The first kappa shape index (κ1) is 27.1. The first-order valence-corrected chi connectivity index (χ1v) is 7.98. The second kappa shape index (κ2) is 12.3. The van der Waals surface area contributed by atoms with Gasteiger partial charge < -0.3 is 0 Å². The van der Waals surface area contributed by atoms with E-state index in [1.54, 1.807) is 42.5 Å². The summed E-state index contributed by atoms with van der Waals surface area (Å²) in [5.74, 6) is 4.80. The SMILES string of the molecule is CC(C)(C)NN.Cl.Cl.O=C(Cl)c1ccccc1C(=O)c1ccc(Cl)cc1. The Morgan fingerprint density at radius 2 is 1.35 bits per heavy atom. The molecule has 0 amide bonds. The lowest BCUT2D eigenvalue weighted by molar-refractivity contribution is 0.102. The van der Waals surface area contributed by atoms with E-state index >= 15 is 0 Å². The molecule has 0 aliphatic heterocycles. The van der Waals surface area contributed by atoms with E-state index in [-0.39, 0.29) is 41.7 Å². The smallest absolute Gasteiger partial charge is 0.253 e. The van der Waals surface area contributed by atoms with Gasteiger partial charge in [-0.1, -0.05) is 29.8 Å². The van der Waals surface area contributed by atoms with E-state index in [9.17, 15) is 9.59 Å². The largest absolute Gasteiger partial charge is 0.289 e. The van der Waals surface area contributed by atoms with Gasteiger partial charge in [-0.05, 0) is 62.7 Å². The molecule has 0 saturated carbocycles. The molecule has 0 aliphatic rings. The number of rotatable bonds is 3. The van der Waals surface area contributed by atoms with Crippen molar-refractivity contribution in [1.82, 2.24) is 5.43 Å². The Labute approximate surface area is 176 Å². The van der Waals surface area contributed by atoms with Gasteiger partial charge in [-0.3, -0.25) is 20.9 Å². The lowest BCUT2D eigenvalue weighted by atomic mass is 9.99. The monoisotopic (exact) mass is 438 g/mol. The molecule has 0 aliphatic carbocycles. The van der Waals surface area contributed by atoms with Crippen molar-refractivity contribution in [3.05, 3.63) is 70.2 Å². The van der Waals surface area contributed by atoms with Crippen molar-refractivity contribution in [3.63, 3.8) is 0 Å². The van der Waals surface area contributed by atoms with Crippen LogP contribution in [0.5, 0.6) is 0 Å². The molecule has 4 nitrogen and oxygen atoms in total. The minimum atomic E-state index is -0.645. The molecule has 0 fully saturated rings. The predicted molar refractivity (Wildman–Crippen MR) is 113 cm³/mol. The summed E-state index contributed by atoms with van der Waals surface area (Å²) in [7, 11) is 0. The molecule has 2 aromatic rings. The molecular formula is C18H22Cl4N2O2. The van der Waals surface area contributed by atoms with Gasteiger partial charge in [0, 0.05) is 27.3 Å². The summed E-state index contributed by atoms with van der Waals surface area (Å²) in [6.45, 7) is 6.02. The zero-order valence-corrected chi connectivity index (χ0v) is 17.7. The third kappa shape index (κ3) is 8.99. The van der Waals surface area contributed by atoms with E-state index in [0.717, 1.165) is 0 Å². The number of hydrazine groups is 1. The number of nitrogens with one attached hydrogen (secondary N) is 1. The topological polar surface area (TPSA) is 72.2 Å². The highest BCUT2D eigenvalue weighted by Gasteiger charge is 2.16.